The van der Waals surface area contributed by atoms with Crippen LogP contribution < -0.4 is 0 Å². The molecule has 1 fully saturated rings. The maximum Gasteiger partial charge on any atom is 0.211 e. The molecule has 2 heterocycles. The van der Waals surface area contributed by atoms with E-state index in [2.05, 4.69) is 70.5 Å². The Hall–Kier alpha value is -2.69. The normalized spacial score (nSPS) is 15.9. The molecule has 1 aliphatic rings. The molecule has 2 aromatic carbocycles. The van der Waals surface area contributed by atoms with Crippen molar-refractivity contribution in [2.45, 2.75) is 6.04 Å². The Bertz CT molecular complexity index is 799. The molecule has 0 spiro atoms. The maximum absolute atomic E-state index is 12.3. The fraction of sp³-hybridized carbons (Fsp3) is 0.261. The Labute approximate surface area is 160 Å². The fourth-order valence-corrected chi connectivity index (χ4v) is 3.78. The van der Waals surface area contributed by atoms with Crippen molar-refractivity contribution in [3.8, 4) is 0 Å². The van der Waals surface area contributed by atoms with Crippen LogP contribution in [0.3, 0.4) is 0 Å². The molecule has 1 aromatic heterocycles. The predicted octanol–water partition coefficient (Wildman–Crippen LogP) is 3.87. The highest BCUT2D eigenvalue weighted by Gasteiger charge is 2.27. The molecule has 0 radical (unpaired) electrons. The highest BCUT2D eigenvalue weighted by molar-refractivity contribution is 5.95. The van der Waals surface area contributed by atoms with Gasteiger partial charge < -0.3 is 4.42 Å². The van der Waals surface area contributed by atoms with Gasteiger partial charge in [-0.05, 0) is 23.3 Å². The third-order valence-corrected chi connectivity index (χ3v) is 5.17. The second-order valence-corrected chi connectivity index (χ2v) is 6.94. The molecule has 4 heteroatoms. The largest absolute Gasteiger partial charge is 0.461 e. The van der Waals surface area contributed by atoms with E-state index >= 15 is 0 Å². The summed E-state index contributed by atoms with van der Waals surface area (Å²) < 4.78 is 5.23. The smallest absolute Gasteiger partial charge is 0.211 e. The molecule has 1 aliphatic heterocycles. The van der Waals surface area contributed by atoms with E-state index in [0.29, 0.717) is 12.3 Å². The van der Waals surface area contributed by atoms with Crippen LogP contribution >= 0.6 is 0 Å². The summed E-state index contributed by atoms with van der Waals surface area (Å²) in [5, 5.41) is 0. The van der Waals surface area contributed by atoms with Crippen LogP contribution in [0.4, 0.5) is 0 Å². The second kappa shape index (κ2) is 8.33. The van der Waals surface area contributed by atoms with Crippen molar-refractivity contribution in [3.05, 3.63) is 95.9 Å². The van der Waals surface area contributed by atoms with Crippen molar-refractivity contribution in [3.63, 3.8) is 0 Å². The van der Waals surface area contributed by atoms with Crippen LogP contribution in [0, 0.1) is 0 Å². The topological polar surface area (TPSA) is 36.7 Å². The lowest BCUT2D eigenvalue weighted by atomic mass is 9.96. The molecule has 4 rings (SSSR count). The number of benzene rings is 2. The monoisotopic (exact) mass is 360 g/mol. The number of Topliss-reactive ketones (excluding diaryl/α,β-unsaturated/α-hetero) is 1. The highest BCUT2D eigenvalue weighted by atomic mass is 16.3. The number of furan rings is 1. The number of hydrogen-bond donors (Lipinski definition) is 0. The van der Waals surface area contributed by atoms with Crippen LogP contribution in [0.1, 0.15) is 27.7 Å². The van der Waals surface area contributed by atoms with Crippen molar-refractivity contribution in [1.29, 1.82) is 0 Å². The van der Waals surface area contributed by atoms with Gasteiger partial charge in [-0.3, -0.25) is 14.6 Å². The van der Waals surface area contributed by atoms with Crippen molar-refractivity contribution in [1.82, 2.24) is 9.80 Å². The lowest BCUT2D eigenvalue weighted by Crippen LogP contribution is -2.49. The van der Waals surface area contributed by atoms with E-state index in [9.17, 15) is 4.79 Å². The summed E-state index contributed by atoms with van der Waals surface area (Å²) in [6.45, 7) is 4.04. The fourth-order valence-electron chi connectivity index (χ4n) is 3.78. The van der Waals surface area contributed by atoms with Crippen LogP contribution in [0.15, 0.2) is 83.5 Å². The zero-order valence-electron chi connectivity index (χ0n) is 15.3. The minimum atomic E-state index is 0.0520. The van der Waals surface area contributed by atoms with Gasteiger partial charge in [-0.25, -0.2) is 0 Å². The molecule has 3 aromatic rings. The Morgan fingerprint density at radius 3 is 1.93 bits per heavy atom. The van der Waals surface area contributed by atoms with Crippen LogP contribution in [0.25, 0.3) is 0 Å². The van der Waals surface area contributed by atoms with Gasteiger partial charge >= 0.3 is 0 Å². The molecule has 27 heavy (non-hydrogen) atoms. The Morgan fingerprint density at radius 2 is 1.41 bits per heavy atom. The Morgan fingerprint density at radius 1 is 0.815 bits per heavy atom. The zero-order valence-corrected chi connectivity index (χ0v) is 15.3. The molecule has 0 amide bonds. The molecule has 0 saturated carbocycles. The first kappa shape index (κ1) is 17.7. The van der Waals surface area contributed by atoms with E-state index in [-0.39, 0.29) is 11.8 Å². The van der Waals surface area contributed by atoms with Crippen molar-refractivity contribution < 1.29 is 9.21 Å². The summed E-state index contributed by atoms with van der Waals surface area (Å²) in [6, 6.07) is 25.1. The molecular weight excluding hydrogens is 336 g/mol. The summed E-state index contributed by atoms with van der Waals surface area (Å²) in [6.07, 6.45) is 1.55. The molecule has 0 atom stereocenters. The van der Waals surface area contributed by atoms with E-state index < -0.39 is 0 Å². The van der Waals surface area contributed by atoms with Crippen molar-refractivity contribution >= 4 is 5.78 Å². The van der Waals surface area contributed by atoms with Crippen LogP contribution in [-0.2, 0) is 0 Å². The highest BCUT2D eigenvalue weighted by Crippen LogP contribution is 2.29. The maximum atomic E-state index is 12.3. The molecule has 1 saturated heterocycles. The standard InChI is InChI=1S/C23H24N2O2/c26-21(22-12-7-17-27-22)18-24-13-15-25(16-14-24)23(19-8-3-1-4-9-19)20-10-5-2-6-11-20/h1-12,17,23H,13-16,18H2. The summed E-state index contributed by atoms with van der Waals surface area (Å²) in [5.74, 6) is 0.500. The summed E-state index contributed by atoms with van der Waals surface area (Å²) in [5.41, 5.74) is 2.62. The van der Waals surface area contributed by atoms with E-state index in [4.69, 9.17) is 4.42 Å². The second-order valence-electron chi connectivity index (χ2n) is 6.94. The number of carbonyl (C=O) groups excluding carboxylic acids is 1. The van der Waals surface area contributed by atoms with Crippen LogP contribution in [-0.4, -0.2) is 48.3 Å². The number of nitrogens with zero attached hydrogens (tertiary/aromatic N) is 2. The minimum absolute atomic E-state index is 0.0520. The van der Waals surface area contributed by atoms with Gasteiger partial charge in [0.2, 0.25) is 5.78 Å². The quantitative estimate of drug-likeness (QED) is 0.625. The summed E-state index contributed by atoms with van der Waals surface area (Å²) >= 11 is 0. The van der Waals surface area contributed by atoms with Gasteiger partial charge in [0, 0.05) is 26.2 Å². The first-order valence-corrected chi connectivity index (χ1v) is 9.44. The average molecular weight is 360 g/mol. The van der Waals surface area contributed by atoms with Gasteiger partial charge in [-0.2, -0.15) is 0 Å². The predicted molar refractivity (Wildman–Crippen MR) is 106 cm³/mol. The number of ketones is 1. The van der Waals surface area contributed by atoms with E-state index in [0.717, 1.165) is 26.2 Å². The first-order chi connectivity index (χ1) is 13.3. The van der Waals surface area contributed by atoms with Gasteiger partial charge in [-0.15, -0.1) is 0 Å². The lowest BCUT2D eigenvalue weighted by Gasteiger charge is -2.39. The average Bonchev–Trinajstić information content (AvgIpc) is 3.26. The van der Waals surface area contributed by atoms with Gasteiger partial charge in [0.1, 0.15) is 0 Å². The summed E-state index contributed by atoms with van der Waals surface area (Å²) in [7, 11) is 0. The van der Waals surface area contributed by atoms with E-state index in [1.54, 1.807) is 18.4 Å². The van der Waals surface area contributed by atoms with Gasteiger partial charge in [0.15, 0.2) is 5.76 Å². The van der Waals surface area contributed by atoms with Crippen molar-refractivity contribution in [2.75, 3.05) is 32.7 Å². The van der Waals surface area contributed by atoms with Gasteiger partial charge in [-0.1, -0.05) is 60.7 Å². The molecule has 0 aliphatic carbocycles. The van der Waals surface area contributed by atoms with Crippen LogP contribution in [0.5, 0.6) is 0 Å². The molecule has 0 bridgehead atoms. The minimum Gasteiger partial charge on any atom is -0.461 e. The van der Waals surface area contributed by atoms with Crippen LogP contribution in [0.2, 0.25) is 0 Å². The lowest BCUT2D eigenvalue weighted by molar-refractivity contribution is 0.0785. The third-order valence-electron chi connectivity index (χ3n) is 5.17. The number of rotatable bonds is 6. The van der Waals surface area contributed by atoms with Gasteiger partial charge in [0.05, 0.1) is 18.8 Å². The third kappa shape index (κ3) is 4.18. The molecule has 0 N–H and O–H groups in total. The number of piperazine rings is 1. The number of hydrogen-bond acceptors (Lipinski definition) is 4. The van der Waals surface area contributed by atoms with E-state index in [1.807, 2.05) is 0 Å². The van der Waals surface area contributed by atoms with E-state index in [1.165, 1.54) is 11.1 Å². The SMILES string of the molecule is O=C(CN1CCN(C(c2ccccc2)c2ccccc2)CC1)c1ccco1. The number of carbonyl (C=O) groups is 1. The zero-order chi connectivity index (χ0) is 18.5. The molecule has 138 valence electrons. The first-order valence-electron chi connectivity index (χ1n) is 9.44. The van der Waals surface area contributed by atoms with Gasteiger partial charge in [0.25, 0.3) is 0 Å². The van der Waals surface area contributed by atoms with Crippen molar-refractivity contribution in [2.24, 2.45) is 0 Å². The Balaban J connectivity index is 1.45. The Kier molecular flexibility index (Phi) is 5.47. The molecule has 4 nitrogen and oxygen atoms in total. The molecular formula is C23H24N2O2. The summed E-state index contributed by atoms with van der Waals surface area (Å²) in [4.78, 5) is 17.0. The molecule has 0 unspecified atom stereocenters.